The number of rotatable bonds is 3. The van der Waals surface area contributed by atoms with Crippen LogP contribution in [0.1, 0.15) is 27.6 Å². The van der Waals surface area contributed by atoms with E-state index in [0.717, 1.165) is 0 Å². The quantitative estimate of drug-likeness (QED) is 0.447. The lowest BCUT2D eigenvalue weighted by atomic mass is 10.1. The van der Waals surface area contributed by atoms with Crippen LogP contribution >= 0.6 is 0 Å². The number of nitrogen functional groups attached to an aromatic ring is 1. The third kappa shape index (κ3) is 4.04. The number of Topliss-reactive ketones (excluding diaryl/α,β-unsaturated/α-hetero) is 1. The van der Waals surface area contributed by atoms with Gasteiger partial charge in [0.05, 0.1) is 5.56 Å². The Morgan fingerprint density at radius 2 is 1.62 bits per heavy atom. The van der Waals surface area contributed by atoms with E-state index in [2.05, 4.69) is 5.32 Å². The lowest BCUT2D eigenvalue weighted by Crippen LogP contribution is -2.39. The van der Waals surface area contributed by atoms with Gasteiger partial charge in [0.25, 0.3) is 5.91 Å². The SMILES string of the molecule is CC(=O)c1cccc(NC(=O)C(=O)NC(=O)c2ccccc2N)c1. The minimum absolute atomic E-state index is 0.0947. The van der Waals surface area contributed by atoms with E-state index in [-0.39, 0.29) is 22.7 Å². The van der Waals surface area contributed by atoms with Gasteiger partial charge >= 0.3 is 11.8 Å². The van der Waals surface area contributed by atoms with Crippen molar-refractivity contribution >= 4 is 34.9 Å². The Labute approximate surface area is 137 Å². The maximum atomic E-state index is 11.9. The van der Waals surface area contributed by atoms with Crippen LogP contribution in [0.5, 0.6) is 0 Å². The Hall–Kier alpha value is -3.48. The van der Waals surface area contributed by atoms with Crippen molar-refractivity contribution in [2.24, 2.45) is 0 Å². The zero-order valence-electron chi connectivity index (χ0n) is 12.8. The number of nitrogens with two attached hydrogens (primary N) is 1. The van der Waals surface area contributed by atoms with E-state index in [4.69, 9.17) is 5.73 Å². The van der Waals surface area contributed by atoms with Gasteiger partial charge in [-0.3, -0.25) is 24.5 Å². The van der Waals surface area contributed by atoms with Crippen LogP contribution in [0.2, 0.25) is 0 Å². The number of benzene rings is 2. The first-order valence-corrected chi connectivity index (χ1v) is 7.00. The number of carbonyl (C=O) groups excluding carboxylic acids is 4. The summed E-state index contributed by atoms with van der Waals surface area (Å²) in [5.41, 5.74) is 6.59. The number of amides is 3. The third-order valence-corrected chi connectivity index (χ3v) is 3.17. The zero-order chi connectivity index (χ0) is 17.7. The van der Waals surface area contributed by atoms with E-state index < -0.39 is 17.7 Å². The second kappa shape index (κ2) is 7.19. The predicted molar refractivity (Wildman–Crippen MR) is 88.4 cm³/mol. The molecule has 3 amide bonds. The van der Waals surface area contributed by atoms with Crippen LogP contribution in [0.25, 0.3) is 0 Å². The Morgan fingerprint density at radius 3 is 2.29 bits per heavy atom. The lowest BCUT2D eigenvalue weighted by molar-refractivity contribution is -0.135. The molecular formula is C17H15N3O4. The third-order valence-electron chi connectivity index (χ3n) is 3.17. The molecule has 2 aromatic carbocycles. The highest BCUT2D eigenvalue weighted by molar-refractivity contribution is 6.42. The minimum Gasteiger partial charge on any atom is -0.398 e. The molecule has 0 bridgehead atoms. The average molecular weight is 325 g/mol. The second-order valence-corrected chi connectivity index (χ2v) is 4.96. The van der Waals surface area contributed by atoms with Gasteiger partial charge in [-0.25, -0.2) is 0 Å². The molecule has 0 radical (unpaired) electrons. The first-order valence-electron chi connectivity index (χ1n) is 7.00. The Balaban J connectivity index is 2.04. The first kappa shape index (κ1) is 16.9. The molecule has 0 spiro atoms. The minimum atomic E-state index is -1.13. The van der Waals surface area contributed by atoms with Crippen molar-refractivity contribution in [3.8, 4) is 0 Å². The topological polar surface area (TPSA) is 118 Å². The van der Waals surface area contributed by atoms with Gasteiger partial charge in [-0.05, 0) is 31.2 Å². The summed E-state index contributed by atoms with van der Waals surface area (Å²) in [4.78, 5) is 46.9. The van der Waals surface area contributed by atoms with Crippen LogP contribution in [0, 0.1) is 0 Å². The molecule has 2 rings (SSSR count). The summed E-state index contributed by atoms with van der Waals surface area (Å²) in [7, 11) is 0. The molecule has 0 unspecified atom stereocenters. The molecule has 0 aliphatic carbocycles. The van der Waals surface area contributed by atoms with Crippen LogP contribution < -0.4 is 16.4 Å². The van der Waals surface area contributed by atoms with Gasteiger partial charge < -0.3 is 11.1 Å². The zero-order valence-corrected chi connectivity index (χ0v) is 12.8. The second-order valence-electron chi connectivity index (χ2n) is 4.96. The van der Waals surface area contributed by atoms with Crippen LogP contribution in [0.3, 0.4) is 0 Å². The molecule has 0 aromatic heterocycles. The summed E-state index contributed by atoms with van der Waals surface area (Å²) in [5.74, 6) is -3.11. The van der Waals surface area contributed by atoms with E-state index in [1.165, 1.54) is 31.2 Å². The van der Waals surface area contributed by atoms with E-state index in [0.29, 0.717) is 5.56 Å². The summed E-state index contributed by atoms with van der Waals surface area (Å²) >= 11 is 0. The number of nitrogens with one attached hydrogen (secondary N) is 2. The molecule has 7 heteroatoms. The van der Waals surface area contributed by atoms with Crippen LogP contribution in [0.4, 0.5) is 11.4 Å². The molecule has 0 heterocycles. The van der Waals surface area contributed by atoms with Gasteiger partial charge in [-0.15, -0.1) is 0 Å². The molecule has 0 saturated heterocycles. The number of ketones is 1. The largest absolute Gasteiger partial charge is 0.398 e. The summed E-state index contributed by atoms with van der Waals surface area (Å²) in [5, 5.41) is 4.28. The molecule has 4 N–H and O–H groups in total. The van der Waals surface area contributed by atoms with E-state index in [9.17, 15) is 19.2 Å². The monoisotopic (exact) mass is 325 g/mol. The average Bonchev–Trinajstić information content (AvgIpc) is 2.55. The molecule has 0 atom stereocenters. The van der Waals surface area contributed by atoms with Gasteiger partial charge in [0, 0.05) is 16.9 Å². The molecule has 122 valence electrons. The molecule has 0 aliphatic heterocycles. The summed E-state index contributed by atoms with van der Waals surface area (Å²) in [6.07, 6.45) is 0. The highest BCUT2D eigenvalue weighted by atomic mass is 16.2. The lowest BCUT2D eigenvalue weighted by Gasteiger charge is -2.08. The number of anilines is 2. The molecule has 24 heavy (non-hydrogen) atoms. The fraction of sp³-hybridized carbons (Fsp3) is 0.0588. The van der Waals surface area contributed by atoms with Gasteiger partial charge in [0.15, 0.2) is 5.78 Å². The van der Waals surface area contributed by atoms with Crippen LogP contribution in [-0.4, -0.2) is 23.5 Å². The van der Waals surface area contributed by atoms with Crippen molar-refractivity contribution in [1.82, 2.24) is 5.32 Å². The molecular weight excluding hydrogens is 310 g/mol. The molecule has 7 nitrogen and oxygen atoms in total. The van der Waals surface area contributed by atoms with E-state index in [1.807, 2.05) is 5.32 Å². The fourth-order valence-electron chi connectivity index (χ4n) is 1.93. The summed E-state index contributed by atoms with van der Waals surface area (Å²) in [6, 6.07) is 12.3. The first-order chi connectivity index (χ1) is 11.4. The van der Waals surface area contributed by atoms with Crippen molar-refractivity contribution in [3.63, 3.8) is 0 Å². The molecule has 0 aliphatic rings. The highest BCUT2D eigenvalue weighted by Crippen LogP contribution is 2.12. The van der Waals surface area contributed by atoms with Gasteiger partial charge in [-0.2, -0.15) is 0 Å². The van der Waals surface area contributed by atoms with Crippen LogP contribution in [-0.2, 0) is 9.59 Å². The Kier molecular flexibility index (Phi) is 5.06. The van der Waals surface area contributed by atoms with Crippen molar-refractivity contribution in [3.05, 3.63) is 59.7 Å². The van der Waals surface area contributed by atoms with E-state index in [1.54, 1.807) is 24.3 Å². The molecule has 0 saturated carbocycles. The Bertz CT molecular complexity index is 830. The molecule has 2 aromatic rings. The predicted octanol–water partition coefficient (Wildman–Crippen LogP) is 1.37. The number of hydrogen-bond donors (Lipinski definition) is 3. The standard InChI is InChI=1S/C17H15N3O4/c1-10(21)11-5-4-6-12(9-11)19-16(23)17(24)20-15(22)13-7-2-3-8-14(13)18/h2-9H,18H2,1H3,(H,19,23)(H,20,22,24). The number of para-hydroxylation sites is 1. The van der Waals surface area contributed by atoms with Gasteiger partial charge in [0.1, 0.15) is 0 Å². The fourth-order valence-corrected chi connectivity index (χ4v) is 1.93. The van der Waals surface area contributed by atoms with Gasteiger partial charge in [0.2, 0.25) is 0 Å². The summed E-state index contributed by atoms with van der Waals surface area (Å²) < 4.78 is 0. The van der Waals surface area contributed by atoms with Crippen molar-refractivity contribution in [2.45, 2.75) is 6.92 Å². The van der Waals surface area contributed by atoms with Crippen molar-refractivity contribution in [1.29, 1.82) is 0 Å². The Morgan fingerprint density at radius 1 is 0.917 bits per heavy atom. The summed E-state index contributed by atoms with van der Waals surface area (Å²) in [6.45, 7) is 1.39. The maximum Gasteiger partial charge on any atom is 0.316 e. The van der Waals surface area contributed by atoms with Gasteiger partial charge in [-0.1, -0.05) is 24.3 Å². The smallest absolute Gasteiger partial charge is 0.316 e. The van der Waals surface area contributed by atoms with Crippen molar-refractivity contribution in [2.75, 3.05) is 11.1 Å². The maximum absolute atomic E-state index is 11.9. The highest BCUT2D eigenvalue weighted by Gasteiger charge is 2.19. The molecule has 0 fully saturated rings. The number of carbonyl (C=O) groups is 4. The number of imide groups is 1. The van der Waals surface area contributed by atoms with Crippen LogP contribution in [0.15, 0.2) is 48.5 Å². The normalized spacial score (nSPS) is 9.88. The number of hydrogen-bond acceptors (Lipinski definition) is 5. The van der Waals surface area contributed by atoms with E-state index >= 15 is 0 Å². The van der Waals surface area contributed by atoms with Crippen molar-refractivity contribution < 1.29 is 19.2 Å².